The molecule has 1 unspecified atom stereocenters. The van der Waals surface area contributed by atoms with Gasteiger partial charge >= 0.3 is 0 Å². The molecule has 100 valence electrons. The average molecular weight is 263 g/mol. The van der Waals surface area contributed by atoms with Crippen LogP contribution in [0.2, 0.25) is 0 Å². The van der Waals surface area contributed by atoms with Gasteiger partial charge in [0.05, 0.1) is 11.6 Å². The topological polar surface area (TPSA) is 37.8 Å². The molecule has 0 radical (unpaired) electrons. The Labute approximate surface area is 118 Å². The lowest BCUT2D eigenvalue weighted by Gasteiger charge is -2.20. The standard InChI is InChI=1S/C17H17N3/c1-12-13(7-4-10-19-12)17(18-2)15-6-3-9-16-14(15)8-5-11-20-16/h3-11,17-18H,1-2H3. The number of nitrogens with zero attached hydrogens (tertiary/aromatic N) is 2. The van der Waals surface area contributed by atoms with E-state index in [-0.39, 0.29) is 6.04 Å². The zero-order chi connectivity index (χ0) is 13.9. The number of pyridine rings is 2. The third-order valence-corrected chi connectivity index (χ3v) is 3.64. The molecular weight excluding hydrogens is 246 g/mol. The number of hydrogen-bond acceptors (Lipinski definition) is 3. The Morgan fingerprint density at radius 2 is 1.65 bits per heavy atom. The van der Waals surface area contributed by atoms with Gasteiger partial charge in [-0.15, -0.1) is 0 Å². The van der Waals surface area contributed by atoms with Crippen molar-refractivity contribution in [3.63, 3.8) is 0 Å². The first-order chi connectivity index (χ1) is 9.81. The van der Waals surface area contributed by atoms with E-state index in [0.717, 1.165) is 11.2 Å². The van der Waals surface area contributed by atoms with E-state index in [0.29, 0.717) is 0 Å². The zero-order valence-electron chi connectivity index (χ0n) is 11.7. The van der Waals surface area contributed by atoms with Crippen molar-refractivity contribution in [1.82, 2.24) is 15.3 Å². The second-order valence-electron chi connectivity index (χ2n) is 4.82. The molecule has 0 aliphatic rings. The second kappa shape index (κ2) is 5.39. The van der Waals surface area contributed by atoms with E-state index in [9.17, 15) is 0 Å². The maximum Gasteiger partial charge on any atom is 0.0705 e. The Morgan fingerprint density at radius 3 is 2.45 bits per heavy atom. The van der Waals surface area contributed by atoms with E-state index in [1.165, 1.54) is 16.5 Å². The molecule has 0 amide bonds. The quantitative estimate of drug-likeness (QED) is 0.788. The van der Waals surface area contributed by atoms with Gasteiger partial charge in [0.1, 0.15) is 0 Å². The minimum Gasteiger partial charge on any atom is -0.309 e. The van der Waals surface area contributed by atoms with Gasteiger partial charge in [-0.3, -0.25) is 9.97 Å². The maximum atomic E-state index is 4.43. The summed E-state index contributed by atoms with van der Waals surface area (Å²) in [5.41, 5.74) is 4.50. The molecule has 1 aromatic carbocycles. The van der Waals surface area contributed by atoms with Crippen LogP contribution < -0.4 is 5.32 Å². The van der Waals surface area contributed by atoms with E-state index >= 15 is 0 Å². The van der Waals surface area contributed by atoms with Gasteiger partial charge in [0.25, 0.3) is 0 Å². The lowest BCUT2D eigenvalue weighted by Crippen LogP contribution is -2.19. The van der Waals surface area contributed by atoms with Gasteiger partial charge in [-0.05, 0) is 43.3 Å². The summed E-state index contributed by atoms with van der Waals surface area (Å²) in [6, 6.07) is 14.6. The van der Waals surface area contributed by atoms with Gasteiger partial charge < -0.3 is 5.32 Å². The molecule has 3 aromatic rings. The van der Waals surface area contributed by atoms with Crippen molar-refractivity contribution < 1.29 is 0 Å². The predicted molar refractivity (Wildman–Crippen MR) is 81.6 cm³/mol. The molecule has 0 bridgehead atoms. The molecule has 0 aliphatic carbocycles. The lowest BCUT2D eigenvalue weighted by atomic mass is 9.94. The Bertz CT molecular complexity index is 732. The first kappa shape index (κ1) is 12.8. The molecule has 1 atom stereocenters. The fraction of sp³-hybridized carbons (Fsp3) is 0.176. The minimum absolute atomic E-state index is 0.122. The molecule has 3 heteroatoms. The number of fused-ring (bicyclic) bond motifs is 1. The molecular formula is C17H17N3. The molecule has 0 spiro atoms. The van der Waals surface area contributed by atoms with E-state index in [4.69, 9.17) is 0 Å². The summed E-state index contributed by atoms with van der Waals surface area (Å²) >= 11 is 0. The van der Waals surface area contributed by atoms with Gasteiger partial charge in [-0.1, -0.05) is 24.3 Å². The summed E-state index contributed by atoms with van der Waals surface area (Å²) in [7, 11) is 1.98. The summed E-state index contributed by atoms with van der Waals surface area (Å²) in [6.45, 7) is 2.04. The van der Waals surface area contributed by atoms with Crippen molar-refractivity contribution in [2.24, 2.45) is 0 Å². The SMILES string of the molecule is CNC(c1cccnc1C)c1cccc2ncccc12. The average Bonchev–Trinajstić information content (AvgIpc) is 2.50. The van der Waals surface area contributed by atoms with Crippen LogP contribution >= 0.6 is 0 Å². The molecule has 0 fully saturated rings. The number of rotatable bonds is 3. The van der Waals surface area contributed by atoms with Crippen molar-refractivity contribution >= 4 is 10.9 Å². The van der Waals surface area contributed by atoms with Gasteiger partial charge in [-0.25, -0.2) is 0 Å². The lowest BCUT2D eigenvalue weighted by molar-refractivity contribution is 0.688. The van der Waals surface area contributed by atoms with Crippen molar-refractivity contribution in [3.8, 4) is 0 Å². The molecule has 0 saturated heterocycles. The Kier molecular flexibility index (Phi) is 3.44. The van der Waals surface area contributed by atoms with Crippen LogP contribution in [0.5, 0.6) is 0 Å². The summed E-state index contributed by atoms with van der Waals surface area (Å²) in [5.74, 6) is 0. The normalized spacial score (nSPS) is 12.5. The molecule has 0 aliphatic heterocycles. The zero-order valence-corrected chi connectivity index (χ0v) is 11.7. The first-order valence-corrected chi connectivity index (χ1v) is 6.73. The predicted octanol–water partition coefficient (Wildman–Crippen LogP) is 3.25. The summed E-state index contributed by atoms with van der Waals surface area (Å²) in [4.78, 5) is 8.83. The molecule has 2 aromatic heterocycles. The van der Waals surface area contributed by atoms with Crippen LogP contribution in [0.3, 0.4) is 0 Å². The highest BCUT2D eigenvalue weighted by atomic mass is 14.9. The van der Waals surface area contributed by atoms with Crippen LogP contribution in [-0.4, -0.2) is 17.0 Å². The summed E-state index contributed by atoms with van der Waals surface area (Å²) in [5, 5.41) is 4.58. The third-order valence-electron chi connectivity index (χ3n) is 3.64. The molecule has 20 heavy (non-hydrogen) atoms. The third kappa shape index (κ3) is 2.17. The van der Waals surface area contributed by atoms with Crippen LogP contribution in [0.4, 0.5) is 0 Å². The molecule has 1 N–H and O–H groups in total. The van der Waals surface area contributed by atoms with Crippen LogP contribution in [0.15, 0.2) is 54.9 Å². The monoisotopic (exact) mass is 263 g/mol. The van der Waals surface area contributed by atoms with Gasteiger partial charge in [0, 0.05) is 23.5 Å². The molecule has 0 saturated carbocycles. The van der Waals surface area contributed by atoms with Crippen LogP contribution in [0, 0.1) is 6.92 Å². The molecule has 3 rings (SSSR count). The molecule has 2 heterocycles. The van der Waals surface area contributed by atoms with Crippen molar-refractivity contribution in [1.29, 1.82) is 0 Å². The highest BCUT2D eigenvalue weighted by Crippen LogP contribution is 2.28. The van der Waals surface area contributed by atoms with Crippen LogP contribution in [-0.2, 0) is 0 Å². The smallest absolute Gasteiger partial charge is 0.0705 e. The number of benzene rings is 1. The van der Waals surface area contributed by atoms with Crippen LogP contribution in [0.1, 0.15) is 22.9 Å². The van der Waals surface area contributed by atoms with Crippen LogP contribution in [0.25, 0.3) is 10.9 Å². The summed E-state index contributed by atoms with van der Waals surface area (Å²) in [6.07, 6.45) is 3.66. The fourth-order valence-electron chi connectivity index (χ4n) is 2.66. The highest BCUT2D eigenvalue weighted by Gasteiger charge is 2.16. The van der Waals surface area contributed by atoms with Crippen molar-refractivity contribution in [2.75, 3.05) is 7.05 Å². The second-order valence-corrected chi connectivity index (χ2v) is 4.82. The number of hydrogen-bond donors (Lipinski definition) is 1. The number of nitrogens with one attached hydrogen (secondary N) is 1. The Hall–Kier alpha value is -2.26. The van der Waals surface area contributed by atoms with E-state index < -0.39 is 0 Å². The highest BCUT2D eigenvalue weighted by molar-refractivity contribution is 5.83. The Morgan fingerprint density at radius 1 is 0.900 bits per heavy atom. The first-order valence-electron chi connectivity index (χ1n) is 6.73. The van der Waals surface area contributed by atoms with Crippen molar-refractivity contribution in [2.45, 2.75) is 13.0 Å². The van der Waals surface area contributed by atoms with E-state index in [1.807, 2.05) is 44.6 Å². The largest absolute Gasteiger partial charge is 0.309 e. The number of aryl methyl sites for hydroxylation is 1. The van der Waals surface area contributed by atoms with Crippen molar-refractivity contribution in [3.05, 3.63) is 71.7 Å². The molecule has 3 nitrogen and oxygen atoms in total. The van der Waals surface area contributed by atoms with E-state index in [1.54, 1.807) is 0 Å². The number of aromatic nitrogens is 2. The van der Waals surface area contributed by atoms with Gasteiger partial charge in [0.15, 0.2) is 0 Å². The van der Waals surface area contributed by atoms with Gasteiger partial charge in [0.2, 0.25) is 0 Å². The summed E-state index contributed by atoms with van der Waals surface area (Å²) < 4.78 is 0. The Balaban J connectivity index is 2.20. The maximum absolute atomic E-state index is 4.43. The van der Waals surface area contributed by atoms with E-state index in [2.05, 4.69) is 39.6 Å². The fourth-order valence-corrected chi connectivity index (χ4v) is 2.66. The minimum atomic E-state index is 0.122. The van der Waals surface area contributed by atoms with Gasteiger partial charge in [-0.2, -0.15) is 0 Å².